The molecular formula is C7H7OS+. The number of hydrogen-bond acceptors (Lipinski definition) is 1. The lowest BCUT2D eigenvalue weighted by molar-refractivity contribution is 0.605. The van der Waals surface area contributed by atoms with Gasteiger partial charge >= 0.3 is 11.7 Å². The van der Waals surface area contributed by atoms with Crippen LogP contribution < -0.4 is 0 Å². The average molecular weight is 139 g/mol. The average Bonchev–Trinajstić information content (AvgIpc) is 1.90. The van der Waals surface area contributed by atoms with Gasteiger partial charge < -0.3 is 0 Å². The van der Waals surface area contributed by atoms with E-state index in [1.165, 1.54) is 5.56 Å². The van der Waals surface area contributed by atoms with Crippen LogP contribution in [0.15, 0.2) is 29.2 Å². The van der Waals surface area contributed by atoms with Crippen molar-refractivity contribution < 1.29 is 4.21 Å². The first-order chi connectivity index (χ1) is 4.33. The Balaban J connectivity index is 3.01. The van der Waals surface area contributed by atoms with Crippen LogP contribution in [0.2, 0.25) is 0 Å². The Morgan fingerprint density at radius 1 is 1.22 bits per heavy atom. The largest absolute Gasteiger partial charge is 0.505 e. The fourth-order valence-electron chi connectivity index (χ4n) is 0.594. The van der Waals surface area contributed by atoms with E-state index in [0.29, 0.717) is 11.7 Å². The van der Waals surface area contributed by atoms with Crippen molar-refractivity contribution in [2.75, 3.05) is 0 Å². The first kappa shape index (κ1) is 6.36. The summed E-state index contributed by atoms with van der Waals surface area (Å²) in [5.41, 5.74) is 1.19. The molecule has 1 rings (SSSR count). The molecule has 0 N–H and O–H groups in total. The van der Waals surface area contributed by atoms with Crippen LogP contribution in [0.3, 0.4) is 0 Å². The lowest BCUT2D eigenvalue weighted by atomic mass is 10.2. The summed E-state index contributed by atoms with van der Waals surface area (Å²) in [6.45, 7) is 2.00. The molecule has 0 aromatic heterocycles. The van der Waals surface area contributed by atoms with Gasteiger partial charge in [0.05, 0.1) is 0 Å². The highest BCUT2D eigenvalue weighted by atomic mass is 32.1. The zero-order valence-corrected chi connectivity index (χ0v) is 5.94. The molecule has 0 aliphatic carbocycles. The van der Waals surface area contributed by atoms with Crippen LogP contribution in [-0.2, 0) is 15.9 Å². The predicted molar refractivity (Wildman–Crippen MR) is 37.5 cm³/mol. The van der Waals surface area contributed by atoms with Crippen molar-refractivity contribution in [2.24, 2.45) is 0 Å². The van der Waals surface area contributed by atoms with E-state index in [9.17, 15) is 4.21 Å². The third-order valence-electron chi connectivity index (χ3n) is 1.12. The topological polar surface area (TPSA) is 17.1 Å². The second-order valence-corrected chi connectivity index (χ2v) is 2.53. The van der Waals surface area contributed by atoms with E-state index in [4.69, 9.17) is 0 Å². The summed E-state index contributed by atoms with van der Waals surface area (Å²) in [7, 11) is 0. The fourth-order valence-corrected chi connectivity index (χ4v) is 0.841. The van der Waals surface area contributed by atoms with Crippen LogP contribution in [-0.4, -0.2) is 0 Å². The molecule has 0 radical (unpaired) electrons. The smallest absolute Gasteiger partial charge is 0.0535 e. The molecule has 0 heterocycles. The van der Waals surface area contributed by atoms with Gasteiger partial charge in [-0.05, 0) is 6.92 Å². The normalized spacial score (nSPS) is 9.00. The Hall–Kier alpha value is -0.760. The quantitative estimate of drug-likeness (QED) is 0.542. The summed E-state index contributed by atoms with van der Waals surface area (Å²) in [6.07, 6.45) is 0. The van der Waals surface area contributed by atoms with E-state index in [1.807, 2.05) is 31.2 Å². The highest BCUT2D eigenvalue weighted by molar-refractivity contribution is 7.65. The maximum Gasteiger partial charge on any atom is 0.505 e. The van der Waals surface area contributed by atoms with Gasteiger partial charge in [0.15, 0.2) is 0 Å². The highest BCUT2D eigenvalue weighted by Gasteiger charge is 2.01. The zero-order valence-electron chi connectivity index (χ0n) is 5.13. The van der Waals surface area contributed by atoms with Gasteiger partial charge in [-0.25, -0.2) is 0 Å². The maximum atomic E-state index is 10.2. The molecule has 0 saturated carbocycles. The minimum Gasteiger partial charge on any atom is -0.0535 e. The van der Waals surface area contributed by atoms with Crippen LogP contribution in [0.5, 0.6) is 0 Å². The van der Waals surface area contributed by atoms with Gasteiger partial charge in [-0.2, -0.15) is 0 Å². The summed E-state index contributed by atoms with van der Waals surface area (Å²) < 4.78 is 10.2. The molecule has 0 fully saturated rings. The van der Waals surface area contributed by atoms with Gasteiger partial charge in [0.2, 0.25) is 0 Å². The molecule has 2 heteroatoms. The number of hydrogen-bond donors (Lipinski definition) is 0. The second kappa shape index (κ2) is 2.69. The number of aryl methyl sites for hydroxylation is 1. The van der Waals surface area contributed by atoms with Crippen molar-refractivity contribution in [1.29, 1.82) is 0 Å². The van der Waals surface area contributed by atoms with Gasteiger partial charge in [0, 0.05) is 16.3 Å². The number of benzene rings is 1. The molecule has 0 spiro atoms. The van der Waals surface area contributed by atoms with Gasteiger partial charge in [-0.1, -0.05) is 17.7 Å². The summed E-state index contributed by atoms with van der Waals surface area (Å²) in [5, 5.41) is 0. The van der Waals surface area contributed by atoms with Crippen molar-refractivity contribution >= 4 is 11.7 Å². The first-order valence-corrected chi connectivity index (χ1v) is 3.43. The van der Waals surface area contributed by atoms with E-state index in [2.05, 4.69) is 0 Å². The Labute approximate surface area is 58.2 Å². The summed E-state index contributed by atoms with van der Waals surface area (Å²) >= 11 is 0.527. The molecule has 0 saturated heterocycles. The van der Waals surface area contributed by atoms with Crippen molar-refractivity contribution in [3.8, 4) is 0 Å². The van der Waals surface area contributed by atoms with Gasteiger partial charge in [-0.3, -0.25) is 0 Å². The van der Waals surface area contributed by atoms with Crippen LogP contribution in [0.25, 0.3) is 0 Å². The molecule has 0 bridgehead atoms. The summed E-state index contributed by atoms with van der Waals surface area (Å²) in [5.74, 6) is 0. The molecule has 9 heavy (non-hydrogen) atoms. The standard InChI is InChI=1S/C7H7OS/c1-6-2-4-7(9-8)5-3-6/h2-5H,1H3/q+1. The first-order valence-electron chi connectivity index (χ1n) is 2.69. The summed E-state index contributed by atoms with van der Waals surface area (Å²) in [4.78, 5) is 0.778. The van der Waals surface area contributed by atoms with Gasteiger partial charge in [-0.15, -0.1) is 0 Å². The lowest BCUT2D eigenvalue weighted by Crippen LogP contribution is -1.72. The molecule has 46 valence electrons. The van der Waals surface area contributed by atoms with Crippen molar-refractivity contribution in [1.82, 2.24) is 0 Å². The third kappa shape index (κ3) is 1.57. The van der Waals surface area contributed by atoms with E-state index in [-0.39, 0.29) is 0 Å². The SMILES string of the molecule is Cc1ccc([S+]=O)cc1. The van der Waals surface area contributed by atoms with E-state index in [1.54, 1.807) is 0 Å². The predicted octanol–water partition coefficient (Wildman–Crippen LogP) is 1.78. The second-order valence-electron chi connectivity index (χ2n) is 1.90. The summed E-state index contributed by atoms with van der Waals surface area (Å²) in [6, 6.07) is 7.51. The van der Waals surface area contributed by atoms with Crippen LogP contribution in [0, 0.1) is 6.92 Å². The Morgan fingerprint density at radius 2 is 1.78 bits per heavy atom. The minimum absolute atomic E-state index is 0.527. The Bertz CT molecular complexity index is 203. The van der Waals surface area contributed by atoms with E-state index >= 15 is 0 Å². The van der Waals surface area contributed by atoms with Crippen LogP contribution >= 0.6 is 0 Å². The molecule has 1 aromatic rings. The monoisotopic (exact) mass is 139 g/mol. The van der Waals surface area contributed by atoms with Crippen LogP contribution in [0.1, 0.15) is 5.56 Å². The highest BCUT2D eigenvalue weighted by Crippen LogP contribution is 2.01. The van der Waals surface area contributed by atoms with Crippen molar-refractivity contribution in [2.45, 2.75) is 11.8 Å². The van der Waals surface area contributed by atoms with Gasteiger partial charge in [0.1, 0.15) is 0 Å². The van der Waals surface area contributed by atoms with E-state index in [0.717, 1.165) is 4.90 Å². The molecular weight excluding hydrogens is 132 g/mol. The van der Waals surface area contributed by atoms with Gasteiger partial charge in [0.25, 0.3) is 4.90 Å². The maximum absolute atomic E-state index is 10.2. The lowest BCUT2D eigenvalue weighted by Gasteiger charge is -1.82. The van der Waals surface area contributed by atoms with Crippen molar-refractivity contribution in [3.05, 3.63) is 29.8 Å². The molecule has 0 unspecified atom stereocenters. The Kier molecular flexibility index (Phi) is 1.90. The molecule has 0 aliphatic heterocycles. The molecule has 1 nitrogen and oxygen atoms in total. The number of rotatable bonds is 1. The third-order valence-corrected chi connectivity index (χ3v) is 1.58. The zero-order chi connectivity index (χ0) is 6.69. The fraction of sp³-hybridized carbons (Fsp3) is 0.143. The molecule has 1 aromatic carbocycles. The molecule has 0 atom stereocenters. The minimum atomic E-state index is 0.527. The van der Waals surface area contributed by atoms with Crippen LogP contribution in [0.4, 0.5) is 0 Å². The van der Waals surface area contributed by atoms with E-state index < -0.39 is 0 Å². The van der Waals surface area contributed by atoms with Crippen molar-refractivity contribution in [3.63, 3.8) is 0 Å². The molecule has 0 amide bonds. The Morgan fingerprint density at radius 3 is 2.22 bits per heavy atom. The molecule has 0 aliphatic rings.